The van der Waals surface area contributed by atoms with E-state index in [1.165, 1.54) is 15.9 Å². The average molecular weight is 428 g/mol. The number of hydrogen-bond donors (Lipinski definition) is 0. The standard InChI is InChI=1S/C18H16BrF2NO2S/c19-12-4-6-13(7-5-12)25-14-8-10-22(11-9-14)18(23)24-17-15(20)2-1-3-16(17)21/h1-7,14H,8-11H2. The number of rotatable bonds is 3. The fourth-order valence-corrected chi connectivity index (χ4v) is 3.98. The molecule has 0 atom stereocenters. The Kier molecular flexibility index (Phi) is 5.96. The number of para-hydroxylation sites is 1. The highest BCUT2D eigenvalue weighted by molar-refractivity contribution is 9.10. The molecular formula is C18H16BrF2NO2S. The molecule has 0 spiro atoms. The molecule has 1 fully saturated rings. The summed E-state index contributed by atoms with van der Waals surface area (Å²) in [7, 11) is 0. The first-order valence-electron chi connectivity index (χ1n) is 7.86. The first-order valence-corrected chi connectivity index (χ1v) is 9.53. The summed E-state index contributed by atoms with van der Waals surface area (Å²) in [6.07, 6.45) is 0.890. The van der Waals surface area contributed by atoms with Crippen molar-refractivity contribution < 1.29 is 18.3 Å². The Morgan fingerprint density at radius 2 is 1.68 bits per heavy atom. The van der Waals surface area contributed by atoms with Crippen LogP contribution in [0.1, 0.15) is 12.8 Å². The molecule has 0 unspecified atom stereocenters. The van der Waals surface area contributed by atoms with Crippen LogP contribution >= 0.6 is 27.7 Å². The zero-order valence-electron chi connectivity index (χ0n) is 13.3. The van der Waals surface area contributed by atoms with Crippen LogP contribution in [-0.4, -0.2) is 29.3 Å². The van der Waals surface area contributed by atoms with Crippen LogP contribution in [0.25, 0.3) is 0 Å². The quantitative estimate of drug-likeness (QED) is 0.648. The van der Waals surface area contributed by atoms with Crippen LogP contribution < -0.4 is 4.74 Å². The van der Waals surface area contributed by atoms with Gasteiger partial charge in [0.2, 0.25) is 5.75 Å². The summed E-state index contributed by atoms with van der Waals surface area (Å²) in [6.45, 7) is 1.01. The summed E-state index contributed by atoms with van der Waals surface area (Å²) in [5.74, 6) is -2.40. The van der Waals surface area contributed by atoms with Gasteiger partial charge >= 0.3 is 6.09 Å². The van der Waals surface area contributed by atoms with E-state index in [9.17, 15) is 13.6 Å². The van der Waals surface area contributed by atoms with E-state index in [0.29, 0.717) is 18.3 Å². The molecule has 3 nitrogen and oxygen atoms in total. The number of nitrogens with zero attached hydrogens (tertiary/aromatic N) is 1. The summed E-state index contributed by atoms with van der Waals surface area (Å²) in [5, 5.41) is 0.399. The van der Waals surface area contributed by atoms with E-state index in [0.717, 1.165) is 29.4 Å². The van der Waals surface area contributed by atoms with Gasteiger partial charge in [0.1, 0.15) is 0 Å². The molecule has 1 amide bonds. The maximum absolute atomic E-state index is 13.6. The lowest BCUT2D eigenvalue weighted by molar-refractivity contribution is 0.140. The molecule has 0 radical (unpaired) electrons. The highest BCUT2D eigenvalue weighted by Gasteiger charge is 2.26. The zero-order chi connectivity index (χ0) is 17.8. The second-order valence-electron chi connectivity index (χ2n) is 5.68. The molecule has 1 saturated heterocycles. The van der Waals surface area contributed by atoms with Crippen molar-refractivity contribution in [2.45, 2.75) is 23.0 Å². The number of piperidine rings is 1. The fraction of sp³-hybridized carbons (Fsp3) is 0.278. The first-order chi connectivity index (χ1) is 12.0. The predicted octanol–water partition coefficient (Wildman–Crippen LogP) is 5.48. The van der Waals surface area contributed by atoms with E-state index in [1.54, 1.807) is 11.8 Å². The molecule has 0 aromatic heterocycles. The van der Waals surface area contributed by atoms with Crippen molar-refractivity contribution in [1.29, 1.82) is 0 Å². The Labute approximate surface area is 157 Å². The van der Waals surface area contributed by atoms with Crippen LogP contribution in [0.2, 0.25) is 0 Å². The lowest BCUT2D eigenvalue weighted by Crippen LogP contribution is -2.41. The van der Waals surface area contributed by atoms with Crippen LogP contribution in [0, 0.1) is 11.6 Å². The van der Waals surface area contributed by atoms with Crippen LogP contribution in [0.5, 0.6) is 5.75 Å². The van der Waals surface area contributed by atoms with E-state index in [4.69, 9.17) is 4.74 Å². The maximum atomic E-state index is 13.6. The number of amides is 1. The van der Waals surface area contributed by atoms with Crippen molar-refractivity contribution in [3.8, 4) is 5.75 Å². The van der Waals surface area contributed by atoms with Crippen molar-refractivity contribution in [2.24, 2.45) is 0 Å². The second-order valence-corrected chi connectivity index (χ2v) is 7.97. The van der Waals surface area contributed by atoms with Gasteiger partial charge in [-0.2, -0.15) is 0 Å². The molecule has 7 heteroatoms. The number of ether oxygens (including phenoxy) is 1. The topological polar surface area (TPSA) is 29.5 Å². The van der Waals surface area contributed by atoms with E-state index in [1.807, 2.05) is 12.1 Å². The molecule has 3 rings (SSSR count). The third-order valence-corrected chi connectivity index (χ3v) is 5.80. The van der Waals surface area contributed by atoms with Crippen molar-refractivity contribution in [3.63, 3.8) is 0 Å². The summed E-state index contributed by atoms with van der Waals surface area (Å²) in [6, 6.07) is 11.5. The van der Waals surface area contributed by atoms with Crippen molar-refractivity contribution in [3.05, 3.63) is 58.6 Å². The number of hydrogen-bond acceptors (Lipinski definition) is 3. The molecule has 0 bridgehead atoms. The van der Waals surface area contributed by atoms with E-state index in [2.05, 4.69) is 28.1 Å². The van der Waals surface area contributed by atoms with Gasteiger partial charge in [0.15, 0.2) is 11.6 Å². The fourth-order valence-electron chi connectivity index (χ4n) is 2.59. The number of thioether (sulfide) groups is 1. The highest BCUT2D eigenvalue weighted by atomic mass is 79.9. The van der Waals surface area contributed by atoms with Gasteiger partial charge in [0, 0.05) is 27.7 Å². The molecule has 0 N–H and O–H groups in total. The van der Waals surface area contributed by atoms with Crippen LogP contribution in [-0.2, 0) is 0 Å². The summed E-state index contributed by atoms with van der Waals surface area (Å²) < 4.78 is 33.1. The third-order valence-electron chi connectivity index (χ3n) is 3.92. The maximum Gasteiger partial charge on any atom is 0.415 e. The Morgan fingerprint density at radius 1 is 1.08 bits per heavy atom. The SMILES string of the molecule is O=C(Oc1c(F)cccc1F)N1CCC(Sc2ccc(Br)cc2)CC1. The van der Waals surface area contributed by atoms with Gasteiger partial charge in [0.05, 0.1) is 0 Å². The zero-order valence-corrected chi connectivity index (χ0v) is 15.7. The summed E-state index contributed by atoms with van der Waals surface area (Å²) >= 11 is 5.19. The minimum Gasteiger partial charge on any atom is -0.404 e. The van der Waals surface area contributed by atoms with Gasteiger partial charge in [0.25, 0.3) is 0 Å². The van der Waals surface area contributed by atoms with Gasteiger partial charge in [-0.25, -0.2) is 13.6 Å². The molecule has 0 saturated carbocycles. The van der Waals surface area contributed by atoms with Crippen LogP contribution in [0.4, 0.5) is 13.6 Å². The lowest BCUT2D eigenvalue weighted by Gasteiger charge is -2.30. The Hall–Kier alpha value is -1.60. The second kappa shape index (κ2) is 8.19. The molecule has 25 heavy (non-hydrogen) atoms. The Morgan fingerprint density at radius 3 is 2.28 bits per heavy atom. The number of carbonyl (C=O) groups is 1. The smallest absolute Gasteiger partial charge is 0.404 e. The normalized spacial score (nSPS) is 15.2. The minimum atomic E-state index is -0.881. The average Bonchev–Trinajstić information content (AvgIpc) is 2.61. The Balaban J connectivity index is 1.53. The monoisotopic (exact) mass is 427 g/mol. The van der Waals surface area contributed by atoms with Crippen molar-refractivity contribution >= 4 is 33.8 Å². The molecule has 2 aromatic rings. The lowest BCUT2D eigenvalue weighted by atomic mass is 10.1. The molecule has 1 aliphatic heterocycles. The van der Waals surface area contributed by atoms with Gasteiger partial charge in [-0.15, -0.1) is 11.8 Å². The Bertz CT molecular complexity index is 729. The van der Waals surface area contributed by atoms with E-state index < -0.39 is 23.5 Å². The van der Waals surface area contributed by atoms with E-state index in [-0.39, 0.29) is 0 Å². The van der Waals surface area contributed by atoms with Crippen molar-refractivity contribution in [2.75, 3.05) is 13.1 Å². The van der Waals surface area contributed by atoms with E-state index >= 15 is 0 Å². The van der Waals surface area contributed by atoms with Crippen molar-refractivity contribution in [1.82, 2.24) is 4.90 Å². The van der Waals surface area contributed by atoms with Crippen LogP contribution in [0.3, 0.4) is 0 Å². The van der Waals surface area contributed by atoms with Crippen LogP contribution in [0.15, 0.2) is 51.8 Å². The first kappa shape index (κ1) is 18.2. The largest absolute Gasteiger partial charge is 0.415 e. The number of carbonyl (C=O) groups excluding carboxylic acids is 1. The molecule has 2 aromatic carbocycles. The molecular weight excluding hydrogens is 412 g/mol. The molecule has 132 valence electrons. The van der Waals surface area contributed by atoms with Gasteiger partial charge in [-0.1, -0.05) is 22.0 Å². The molecule has 1 heterocycles. The number of halogens is 3. The van der Waals surface area contributed by atoms with Gasteiger partial charge in [-0.3, -0.25) is 0 Å². The molecule has 0 aliphatic carbocycles. The predicted molar refractivity (Wildman–Crippen MR) is 97.0 cm³/mol. The summed E-state index contributed by atoms with van der Waals surface area (Å²) in [5.41, 5.74) is 0. The summed E-state index contributed by atoms with van der Waals surface area (Å²) in [4.78, 5) is 14.8. The highest BCUT2D eigenvalue weighted by Crippen LogP contribution is 2.31. The minimum absolute atomic E-state index is 0.399. The van der Waals surface area contributed by atoms with Gasteiger partial charge in [-0.05, 0) is 49.2 Å². The number of likely N-dealkylation sites (tertiary alicyclic amines) is 1. The third kappa shape index (κ3) is 4.73. The molecule has 1 aliphatic rings. The van der Waals surface area contributed by atoms with Gasteiger partial charge < -0.3 is 9.64 Å². The number of benzene rings is 2.